The number of aliphatic carboxylic acids is 1. The third kappa shape index (κ3) is 2.16. The first-order valence-electron chi connectivity index (χ1n) is 5.36. The molecule has 0 aliphatic carbocycles. The predicted octanol–water partition coefficient (Wildman–Crippen LogP) is 1.23. The monoisotopic (exact) mass is 331 g/mol. The third-order valence-corrected chi connectivity index (χ3v) is 4.92. The van der Waals surface area contributed by atoms with Gasteiger partial charge < -0.3 is 5.11 Å². The Kier molecular flexibility index (Phi) is 3.66. The largest absolute Gasteiger partial charge is 0.480 e. The van der Waals surface area contributed by atoms with Crippen LogP contribution in [0.4, 0.5) is 22.0 Å². The van der Waals surface area contributed by atoms with Crippen molar-refractivity contribution >= 4 is 16.0 Å². The predicted molar refractivity (Wildman–Crippen MR) is 56.2 cm³/mol. The molecule has 0 bridgehead atoms. The maximum atomic E-state index is 13.5. The van der Waals surface area contributed by atoms with E-state index < -0.39 is 62.6 Å². The molecule has 1 heterocycles. The number of carbonyl (C=O) groups is 1. The number of hydrogen-bond donors (Lipinski definition) is 1. The second-order valence-corrected chi connectivity index (χ2v) is 5.98. The molecule has 1 atom stereocenters. The van der Waals surface area contributed by atoms with Crippen molar-refractivity contribution < 1.29 is 40.3 Å². The average Bonchev–Trinajstić information content (AvgIpc) is 2.31. The zero-order valence-corrected chi connectivity index (χ0v) is 10.7. The van der Waals surface area contributed by atoms with E-state index in [0.29, 0.717) is 0 Å². The van der Waals surface area contributed by atoms with Crippen LogP contribution in [0.25, 0.3) is 0 Å². The van der Waals surface area contributed by atoms with Gasteiger partial charge in [0, 0.05) is 6.54 Å². The van der Waals surface area contributed by atoms with E-state index >= 15 is 0 Å². The lowest BCUT2D eigenvalue weighted by molar-refractivity contribution is -0.144. The normalized spacial score (nSPS) is 19.4. The van der Waals surface area contributed by atoms with Gasteiger partial charge in [-0.2, -0.15) is 4.31 Å². The lowest BCUT2D eigenvalue weighted by atomic mass is 10.1. The SMILES string of the molecule is O=C(O)[C@H]1CCN1S(=O)(=O)c1c(F)c(F)c(F)c(F)c1F. The first kappa shape index (κ1) is 15.6. The molecule has 1 saturated heterocycles. The van der Waals surface area contributed by atoms with Gasteiger partial charge in [-0.1, -0.05) is 0 Å². The Morgan fingerprint density at radius 2 is 1.43 bits per heavy atom. The van der Waals surface area contributed by atoms with Crippen molar-refractivity contribution in [3.8, 4) is 0 Å². The number of sulfonamides is 1. The summed E-state index contributed by atoms with van der Waals surface area (Å²) >= 11 is 0. The van der Waals surface area contributed by atoms with Crippen molar-refractivity contribution in [3.63, 3.8) is 0 Å². The van der Waals surface area contributed by atoms with Gasteiger partial charge in [-0.25, -0.2) is 30.4 Å². The number of rotatable bonds is 3. The molecule has 0 saturated carbocycles. The average molecular weight is 331 g/mol. The Balaban J connectivity index is 2.64. The Labute approximate surface area is 114 Å². The first-order valence-corrected chi connectivity index (χ1v) is 6.80. The summed E-state index contributed by atoms with van der Waals surface area (Å²) in [6.07, 6.45) is -0.135. The van der Waals surface area contributed by atoms with E-state index in [9.17, 15) is 35.2 Å². The van der Waals surface area contributed by atoms with Crippen LogP contribution in [-0.2, 0) is 14.8 Å². The fourth-order valence-electron chi connectivity index (χ4n) is 1.83. The second-order valence-electron chi connectivity index (χ2n) is 4.16. The third-order valence-electron chi connectivity index (χ3n) is 2.99. The highest BCUT2D eigenvalue weighted by molar-refractivity contribution is 7.89. The lowest BCUT2D eigenvalue weighted by Gasteiger charge is -2.36. The van der Waals surface area contributed by atoms with Crippen LogP contribution in [0.2, 0.25) is 0 Å². The quantitative estimate of drug-likeness (QED) is 0.514. The zero-order chi connectivity index (χ0) is 16.1. The lowest BCUT2D eigenvalue weighted by Crippen LogP contribution is -2.55. The number of nitrogens with zero attached hydrogens (tertiary/aromatic N) is 1. The zero-order valence-electron chi connectivity index (χ0n) is 9.91. The Bertz CT molecular complexity index is 706. The summed E-state index contributed by atoms with van der Waals surface area (Å²) in [6, 6.07) is -1.61. The van der Waals surface area contributed by atoms with Crippen molar-refractivity contribution in [2.45, 2.75) is 17.4 Å². The van der Waals surface area contributed by atoms with Crippen molar-refractivity contribution in [2.75, 3.05) is 6.54 Å². The molecule has 116 valence electrons. The number of halogens is 5. The Hall–Kier alpha value is -1.75. The van der Waals surface area contributed by atoms with Crippen LogP contribution in [0, 0.1) is 29.1 Å². The van der Waals surface area contributed by atoms with Crippen LogP contribution in [0.15, 0.2) is 4.90 Å². The minimum atomic E-state index is -5.16. The number of carboxylic acids is 1. The van der Waals surface area contributed by atoms with Crippen LogP contribution >= 0.6 is 0 Å². The number of benzene rings is 1. The molecule has 5 nitrogen and oxygen atoms in total. The standard InChI is InChI=1S/C10H6F5NO4S/c11-4-5(12)7(14)9(8(15)6(4)13)21(19,20)16-2-1-3(16)10(17)18/h3H,1-2H2,(H,17,18)/t3-/m1/s1. The van der Waals surface area contributed by atoms with Crippen molar-refractivity contribution in [1.82, 2.24) is 4.31 Å². The molecule has 1 aromatic rings. The minimum Gasteiger partial charge on any atom is -0.480 e. The summed E-state index contributed by atoms with van der Waals surface area (Å²) in [6.45, 7) is -0.404. The minimum absolute atomic E-state index is 0.135. The highest BCUT2D eigenvalue weighted by atomic mass is 32.2. The van der Waals surface area contributed by atoms with E-state index in [-0.39, 0.29) is 10.7 Å². The van der Waals surface area contributed by atoms with Gasteiger partial charge in [0.15, 0.2) is 28.2 Å². The highest BCUT2D eigenvalue weighted by Gasteiger charge is 2.46. The summed E-state index contributed by atoms with van der Waals surface area (Å²) in [5.74, 6) is -14.0. The molecule has 1 aliphatic rings. The van der Waals surface area contributed by atoms with Crippen molar-refractivity contribution in [3.05, 3.63) is 29.1 Å². The molecule has 2 rings (SSSR count). The van der Waals surface area contributed by atoms with Gasteiger partial charge >= 0.3 is 5.97 Å². The number of hydrogen-bond acceptors (Lipinski definition) is 3. The van der Waals surface area contributed by atoms with Crippen LogP contribution in [-0.4, -0.2) is 36.4 Å². The van der Waals surface area contributed by atoms with Gasteiger partial charge in [-0.3, -0.25) is 4.79 Å². The molecule has 0 amide bonds. The van der Waals surface area contributed by atoms with E-state index in [1.165, 1.54) is 0 Å². The van der Waals surface area contributed by atoms with Gasteiger partial charge in [-0.15, -0.1) is 0 Å². The van der Waals surface area contributed by atoms with Gasteiger partial charge in [0.05, 0.1) is 0 Å². The number of carboxylic acid groups (broad SMARTS) is 1. The van der Waals surface area contributed by atoms with Gasteiger partial charge in [-0.05, 0) is 6.42 Å². The molecule has 0 unspecified atom stereocenters. The van der Waals surface area contributed by atoms with E-state index in [1.807, 2.05) is 0 Å². The summed E-state index contributed by atoms with van der Waals surface area (Å²) in [7, 11) is -5.16. The summed E-state index contributed by atoms with van der Waals surface area (Å²) < 4.78 is 89.8. The molecule has 21 heavy (non-hydrogen) atoms. The summed E-state index contributed by atoms with van der Waals surface area (Å²) in [4.78, 5) is 8.67. The van der Waals surface area contributed by atoms with E-state index in [0.717, 1.165) is 0 Å². The van der Waals surface area contributed by atoms with Crippen LogP contribution in [0.3, 0.4) is 0 Å². The fraction of sp³-hybridized carbons (Fsp3) is 0.300. The van der Waals surface area contributed by atoms with Crippen molar-refractivity contribution in [1.29, 1.82) is 0 Å². The van der Waals surface area contributed by atoms with Gasteiger partial charge in [0.1, 0.15) is 6.04 Å². The van der Waals surface area contributed by atoms with Crippen LogP contribution in [0.5, 0.6) is 0 Å². The Morgan fingerprint density at radius 1 is 1.00 bits per heavy atom. The van der Waals surface area contributed by atoms with Crippen LogP contribution in [0.1, 0.15) is 6.42 Å². The summed E-state index contributed by atoms with van der Waals surface area (Å²) in [5, 5.41) is 8.70. The smallest absolute Gasteiger partial charge is 0.322 e. The molecule has 0 aromatic heterocycles. The fourth-order valence-corrected chi connectivity index (χ4v) is 3.57. The van der Waals surface area contributed by atoms with E-state index in [4.69, 9.17) is 5.11 Å². The van der Waals surface area contributed by atoms with Crippen molar-refractivity contribution in [2.24, 2.45) is 0 Å². The molecule has 1 fully saturated rings. The van der Waals surface area contributed by atoms with Gasteiger partial charge in [0.25, 0.3) is 0 Å². The maximum absolute atomic E-state index is 13.5. The Morgan fingerprint density at radius 3 is 1.76 bits per heavy atom. The first-order chi connectivity index (χ1) is 9.60. The molecule has 0 radical (unpaired) electrons. The highest BCUT2D eigenvalue weighted by Crippen LogP contribution is 2.33. The molecular weight excluding hydrogens is 325 g/mol. The summed E-state index contributed by atoms with van der Waals surface area (Å²) in [5.41, 5.74) is 0. The van der Waals surface area contributed by atoms with Gasteiger partial charge in [0.2, 0.25) is 15.8 Å². The molecular formula is C10H6F5NO4S. The molecule has 1 N–H and O–H groups in total. The van der Waals surface area contributed by atoms with E-state index in [2.05, 4.69) is 0 Å². The van der Waals surface area contributed by atoms with E-state index in [1.54, 1.807) is 0 Å². The topological polar surface area (TPSA) is 74.7 Å². The van der Waals surface area contributed by atoms with Crippen LogP contribution < -0.4 is 0 Å². The molecule has 11 heteroatoms. The second kappa shape index (κ2) is 4.91. The molecule has 0 spiro atoms. The maximum Gasteiger partial charge on any atom is 0.322 e. The molecule has 1 aliphatic heterocycles. The molecule has 1 aromatic carbocycles.